The van der Waals surface area contributed by atoms with Crippen molar-refractivity contribution in [1.29, 1.82) is 0 Å². The van der Waals surface area contributed by atoms with Gasteiger partial charge in [-0.1, -0.05) is 12.0 Å². The number of hydrogen-bond donors (Lipinski definition) is 3. The van der Waals surface area contributed by atoms with Crippen LogP contribution in [0.4, 0.5) is 5.69 Å². The van der Waals surface area contributed by atoms with Gasteiger partial charge in [0, 0.05) is 30.9 Å². The smallest absolute Gasteiger partial charge is 0.246 e. The average Bonchev–Trinajstić information content (AvgIpc) is 3.04. The third-order valence-electron chi connectivity index (χ3n) is 3.97. The Morgan fingerprint density at radius 2 is 2.23 bits per heavy atom. The molecule has 0 aliphatic carbocycles. The Balaban J connectivity index is 0.00000338. The highest BCUT2D eigenvalue weighted by molar-refractivity contribution is 14.0. The molecule has 0 radical (unpaired) electrons. The molecule has 0 bridgehead atoms. The molecule has 6 nitrogen and oxygen atoms in total. The van der Waals surface area contributed by atoms with E-state index in [0.29, 0.717) is 18.2 Å². The Hall–Kier alpha value is -1.79. The molecule has 0 aromatic heterocycles. The van der Waals surface area contributed by atoms with Gasteiger partial charge >= 0.3 is 0 Å². The molecule has 1 aromatic rings. The Kier molecular flexibility index (Phi) is 9.44. The molecule has 26 heavy (non-hydrogen) atoms. The van der Waals surface area contributed by atoms with E-state index in [1.165, 1.54) is 0 Å². The quantitative estimate of drug-likeness (QED) is 0.258. The van der Waals surface area contributed by atoms with Gasteiger partial charge in [0.2, 0.25) is 5.91 Å². The van der Waals surface area contributed by atoms with Crippen LogP contribution in [0.25, 0.3) is 0 Å². The van der Waals surface area contributed by atoms with Gasteiger partial charge in [-0.15, -0.1) is 30.4 Å². The van der Waals surface area contributed by atoms with Crippen LogP contribution in [0.1, 0.15) is 32.3 Å². The number of halogens is 1. The number of amides is 1. The fourth-order valence-corrected chi connectivity index (χ4v) is 2.63. The van der Waals surface area contributed by atoms with Crippen molar-refractivity contribution in [3.8, 4) is 12.3 Å². The summed E-state index contributed by atoms with van der Waals surface area (Å²) in [7, 11) is 0. The predicted octanol–water partition coefficient (Wildman–Crippen LogP) is 2.35. The number of benzene rings is 1. The monoisotopic (exact) mass is 470 g/mol. The molecular formula is C19H27IN4O2. The van der Waals surface area contributed by atoms with Crippen LogP contribution in [-0.2, 0) is 9.53 Å². The zero-order valence-corrected chi connectivity index (χ0v) is 17.6. The topological polar surface area (TPSA) is 74.8 Å². The molecule has 0 spiro atoms. The van der Waals surface area contributed by atoms with E-state index in [2.05, 4.69) is 33.8 Å². The first-order chi connectivity index (χ1) is 12.0. The number of nitrogens with one attached hydrogen (secondary N) is 3. The van der Waals surface area contributed by atoms with E-state index < -0.39 is 0 Å². The summed E-state index contributed by atoms with van der Waals surface area (Å²) < 4.78 is 5.75. The summed E-state index contributed by atoms with van der Waals surface area (Å²) >= 11 is 0. The number of anilines is 1. The molecule has 1 amide bonds. The number of aliphatic imine (C=N–C) groups is 1. The highest BCUT2D eigenvalue weighted by Gasteiger charge is 2.29. The second-order valence-electron chi connectivity index (χ2n) is 6.22. The SMILES string of the molecule is C#Cc1cccc(NC(=O)CN=C(NCC)NCC2(C)CCCO2)c1.I. The fraction of sp³-hybridized carbons (Fsp3) is 0.474. The molecule has 1 atom stereocenters. The highest BCUT2D eigenvalue weighted by atomic mass is 127. The summed E-state index contributed by atoms with van der Waals surface area (Å²) in [5.74, 6) is 2.95. The summed E-state index contributed by atoms with van der Waals surface area (Å²) in [5.41, 5.74) is 1.22. The Labute approximate surface area is 172 Å². The third kappa shape index (κ3) is 7.22. The number of ether oxygens (including phenoxy) is 1. The number of terminal acetylenes is 1. The van der Waals surface area contributed by atoms with Crippen molar-refractivity contribution in [2.24, 2.45) is 4.99 Å². The minimum Gasteiger partial charge on any atom is -0.373 e. The minimum atomic E-state index is -0.199. The normalized spacial score (nSPS) is 19.2. The lowest BCUT2D eigenvalue weighted by Crippen LogP contribution is -2.45. The number of carbonyl (C=O) groups excluding carboxylic acids is 1. The van der Waals surface area contributed by atoms with E-state index in [0.717, 1.165) is 31.6 Å². The van der Waals surface area contributed by atoms with E-state index in [9.17, 15) is 4.79 Å². The van der Waals surface area contributed by atoms with Crippen molar-refractivity contribution in [2.45, 2.75) is 32.3 Å². The average molecular weight is 470 g/mol. The lowest BCUT2D eigenvalue weighted by molar-refractivity contribution is -0.114. The highest BCUT2D eigenvalue weighted by Crippen LogP contribution is 2.23. The van der Waals surface area contributed by atoms with Crippen molar-refractivity contribution in [3.05, 3.63) is 29.8 Å². The zero-order valence-electron chi connectivity index (χ0n) is 15.3. The maximum atomic E-state index is 12.1. The van der Waals surface area contributed by atoms with Crippen molar-refractivity contribution >= 4 is 41.5 Å². The van der Waals surface area contributed by atoms with Crippen LogP contribution in [-0.4, -0.2) is 43.7 Å². The minimum absolute atomic E-state index is 0. The van der Waals surface area contributed by atoms with Crippen LogP contribution in [0.15, 0.2) is 29.3 Å². The third-order valence-corrected chi connectivity index (χ3v) is 3.97. The van der Waals surface area contributed by atoms with Gasteiger partial charge in [-0.2, -0.15) is 0 Å². The molecule has 1 aliphatic rings. The molecular weight excluding hydrogens is 443 g/mol. The van der Waals surface area contributed by atoms with Gasteiger partial charge in [0.05, 0.1) is 5.60 Å². The Morgan fingerprint density at radius 1 is 1.42 bits per heavy atom. The molecule has 7 heteroatoms. The molecule has 1 aliphatic heterocycles. The molecule has 1 saturated heterocycles. The standard InChI is InChI=1S/C19H26N4O2.HI/c1-4-15-8-6-9-16(12-15)23-17(24)13-21-18(20-5-2)22-14-19(3)10-7-11-25-19;/h1,6,8-9,12H,5,7,10-11,13-14H2,2-3H3,(H,23,24)(H2,20,21,22);1H. The van der Waals surface area contributed by atoms with Crippen LogP contribution < -0.4 is 16.0 Å². The molecule has 1 aromatic carbocycles. The summed E-state index contributed by atoms with van der Waals surface area (Å²) in [4.78, 5) is 16.4. The van der Waals surface area contributed by atoms with Crippen LogP contribution in [0.5, 0.6) is 0 Å². The van der Waals surface area contributed by atoms with E-state index in [1.807, 2.05) is 19.1 Å². The van der Waals surface area contributed by atoms with Crippen molar-refractivity contribution < 1.29 is 9.53 Å². The largest absolute Gasteiger partial charge is 0.373 e. The first kappa shape index (κ1) is 22.3. The lowest BCUT2D eigenvalue weighted by Gasteiger charge is -2.24. The number of rotatable bonds is 6. The molecule has 142 valence electrons. The van der Waals surface area contributed by atoms with Crippen molar-refractivity contribution in [3.63, 3.8) is 0 Å². The second-order valence-corrected chi connectivity index (χ2v) is 6.22. The van der Waals surface area contributed by atoms with E-state index in [-0.39, 0.29) is 42.0 Å². The van der Waals surface area contributed by atoms with Gasteiger partial charge in [-0.25, -0.2) is 4.99 Å². The van der Waals surface area contributed by atoms with Gasteiger partial charge in [0.25, 0.3) is 0 Å². The van der Waals surface area contributed by atoms with Gasteiger partial charge in [-0.05, 0) is 44.9 Å². The summed E-state index contributed by atoms with van der Waals surface area (Å²) in [5, 5.41) is 9.18. The number of guanidine groups is 1. The molecule has 0 saturated carbocycles. The van der Waals surface area contributed by atoms with Crippen LogP contribution in [0.2, 0.25) is 0 Å². The lowest BCUT2D eigenvalue weighted by atomic mass is 10.0. The van der Waals surface area contributed by atoms with Crippen molar-refractivity contribution in [1.82, 2.24) is 10.6 Å². The number of carbonyl (C=O) groups is 1. The summed E-state index contributed by atoms with van der Waals surface area (Å²) in [6.07, 6.45) is 7.46. The summed E-state index contributed by atoms with van der Waals surface area (Å²) in [6, 6.07) is 7.17. The molecule has 1 fully saturated rings. The zero-order chi connectivity index (χ0) is 18.1. The van der Waals surface area contributed by atoms with Gasteiger partial charge in [0.15, 0.2) is 5.96 Å². The van der Waals surface area contributed by atoms with E-state index >= 15 is 0 Å². The van der Waals surface area contributed by atoms with E-state index in [4.69, 9.17) is 11.2 Å². The van der Waals surface area contributed by atoms with Gasteiger partial charge < -0.3 is 20.7 Å². The first-order valence-electron chi connectivity index (χ1n) is 8.57. The van der Waals surface area contributed by atoms with Crippen LogP contribution in [0, 0.1) is 12.3 Å². The predicted molar refractivity (Wildman–Crippen MR) is 116 cm³/mol. The Morgan fingerprint density at radius 3 is 2.88 bits per heavy atom. The van der Waals surface area contributed by atoms with Crippen molar-refractivity contribution in [2.75, 3.05) is 31.6 Å². The van der Waals surface area contributed by atoms with Gasteiger partial charge in [0.1, 0.15) is 6.54 Å². The second kappa shape index (κ2) is 11.0. The number of hydrogen-bond acceptors (Lipinski definition) is 3. The molecule has 1 unspecified atom stereocenters. The maximum absolute atomic E-state index is 12.1. The first-order valence-corrected chi connectivity index (χ1v) is 8.57. The van der Waals surface area contributed by atoms with Gasteiger partial charge in [-0.3, -0.25) is 4.79 Å². The fourth-order valence-electron chi connectivity index (χ4n) is 2.63. The maximum Gasteiger partial charge on any atom is 0.246 e. The van der Waals surface area contributed by atoms with Crippen LogP contribution >= 0.6 is 24.0 Å². The van der Waals surface area contributed by atoms with E-state index in [1.54, 1.807) is 12.1 Å². The molecule has 1 heterocycles. The molecule has 3 N–H and O–H groups in total. The number of nitrogens with zero attached hydrogens (tertiary/aromatic N) is 1. The van der Waals surface area contributed by atoms with Crippen LogP contribution in [0.3, 0.4) is 0 Å². The molecule has 2 rings (SSSR count). The Bertz CT molecular complexity index is 664. The summed E-state index contributed by atoms with van der Waals surface area (Å²) in [6.45, 7) is 6.26.